The Morgan fingerprint density at radius 2 is 1.16 bits per heavy atom. The molecule has 0 atom stereocenters. The molecule has 0 aliphatic heterocycles. The molecule has 0 saturated heterocycles. The monoisotopic (exact) mass is 428 g/mol. The molecule has 0 N–H and O–H groups in total. The van der Waals surface area contributed by atoms with Crippen molar-refractivity contribution in [3.8, 4) is 0 Å². The van der Waals surface area contributed by atoms with Crippen molar-refractivity contribution >= 4 is 0 Å². The fourth-order valence-corrected chi connectivity index (χ4v) is 1.17. The molecule has 0 saturated carbocycles. The molecule has 1 aliphatic carbocycles. The van der Waals surface area contributed by atoms with Crippen LogP contribution in [0.4, 0.5) is 0 Å². The SMILES string of the molecule is [C-]1=CCC=CC1.[Pt].[c-]1ccccc1.[c-]1ccccc1. The van der Waals surface area contributed by atoms with Gasteiger partial charge in [0.05, 0.1) is 0 Å². The first-order chi connectivity index (χ1) is 9.00. The van der Waals surface area contributed by atoms with Gasteiger partial charge in [-0.2, -0.15) is 79.2 Å². The molecule has 102 valence electrons. The van der Waals surface area contributed by atoms with Gasteiger partial charge in [-0.3, -0.25) is 6.08 Å². The zero-order valence-electron chi connectivity index (χ0n) is 10.7. The van der Waals surface area contributed by atoms with E-state index in [1.165, 1.54) is 0 Å². The first-order valence-electron chi connectivity index (χ1n) is 6.02. The Labute approximate surface area is 131 Å². The number of hydrogen-bond donors (Lipinski definition) is 0. The van der Waals surface area contributed by atoms with Crippen LogP contribution in [0.25, 0.3) is 0 Å². The Morgan fingerprint density at radius 1 is 0.632 bits per heavy atom. The van der Waals surface area contributed by atoms with Gasteiger partial charge in [0.2, 0.25) is 0 Å². The fraction of sp³-hybridized carbons (Fsp3) is 0.111. The summed E-state index contributed by atoms with van der Waals surface area (Å²) in [6.07, 6.45) is 11.5. The first kappa shape index (κ1) is 17.6. The third-order valence-electron chi connectivity index (χ3n) is 2.01. The molecule has 0 spiro atoms. The van der Waals surface area contributed by atoms with E-state index in [1.54, 1.807) is 0 Å². The molecule has 0 bridgehead atoms. The first-order valence-corrected chi connectivity index (χ1v) is 6.02. The molecule has 3 rings (SSSR count). The van der Waals surface area contributed by atoms with E-state index in [1.807, 2.05) is 60.7 Å². The normalized spacial score (nSPS) is 10.9. The molecule has 19 heavy (non-hydrogen) atoms. The van der Waals surface area contributed by atoms with Crippen LogP contribution in [0, 0.1) is 18.2 Å². The summed E-state index contributed by atoms with van der Waals surface area (Å²) in [5.74, 6) is 0. The average molecular weight is 428 g/mol. The minimum atomic E-state index is 0. The van der Waals surface area contributed by atoms with Gasteiger partial charge >= 0.3 is 0 Å². The molecule has 1 aliphatic rings. The van der Waals surface area contributed by atoms with Crippen molar-refractivity contribution in [3.05, 3.63) is 97.1 Å². The van der Waals surface area contributed by atoms with Crippen LogP contribution in [0.5, 0.6) is 0 Å². The van der Waals surface area contributed by atoms with Gasteiger partial charge in [0, 0.05) is 21.1 Å². The Bertz CT molecular complexity index is 313. The van der Waals surface area contributed by atoms with Crippen LogP contribution in [0.3, 0.4) is 0 Å². The third-order valence-corrected chi connectivity index (χ3v) is 2.01. The Morgan fingerprint density at radius 3 is 1.26 bits per heavy atom. The van der Waals surface area contributed by atoms with E-state index < -0.39 is 0 Å². The minimum Gasteiger partial charge on any atom is -0.496 e. The Balaban J connectivity index is 0.000000249. The van der Waals surface area contributed by atoms with Gasteiger partial charge in [-0.25, -0.2) is 0 Å². The van der Waals surface area contributed by atoms with E-state index in [2.05, 4.69) is 36.4 Å². The molecule has 0 nitrogen and oxygen atoms in total. The van der Waals surface area contributed by atoms with Gasteiger partial charge < -0.3 is 6.08 Å². The molecule has 1 heteroatoms. The van der Waals surface area contributed by atoms with Gasteiger partial charge in [-0.05, 0) is 6.42 Å². The van der Waals surface area contributed by atoms with Crippen molar-refractivity contribution in [3.63, 3.8) is 0 Å². The van der Waals surface area contributed by atoms with Gasteiger partial charge in [0.15, 0.2) is 0 Å². The topological polar surface area (TPSA) is 0 Å². The van der Waals surface area contributed by atoms with Crippen molar-refractivity contribution in [2.75, 3.05) is 0 Å². The van der Waals surface area contributed by atoms with Crippen molar-refractivity contribution in [2.45, 2.75) is 12.8 Å². The fourth-order valence-electron chi connectivity index (χ4n) is 1.17. The van der Waals surface area contributed by atoms with Crippen LogP contribution in [-0.2, 0) is 21.1 Å². The summed E-state index contributed by atoms with van der Waals surface area (Å²) in [4.78, 5) is 0. The van der Waals surface area contributed by atoms with E-state index in [4.69, 9.17) is 0 Å². The van der Waals surface area contributed by atoms with Crippen LogP contribution in [0.1, 0.15) is 12.8 Å². The largest absolute Gasteiger partial charge is 0.496 e. The van der Waals surface area contributed by atoms with Crippen LogP contribution >= 0.6 is 0 Å². The molecular formula is C18H17Pt-3. The van der Waals surface area contributed by atoms with E-state index in [0.717, 1.165) is 12.8 Å². The smallest absolute Gasteiger partial charge is 0 e. The molecule has 0 fully saturated rings. The van der Waals surface area contributed by atoms with E-state index in [9.17, 15) is 0 Å². The number of hydrogen-bond acceptors (Lipinski definition) is 0. The maximum absolute atomic E-state index is 3.07. The van der Waals surface area contributed by atoms with Gasteiger partial charge in [-0.15, -0.1) is 6.08 Å². The van der Waals surface area contributed by atoms with Gasteiger partial charge in [0.1, 0.15) is 0 Å². The van der Waals surface area contributed by atoms with E-state index in [-0.39, 0.29) is 21.1 Å². The summed E-state index contributed by atoms with van der Waals surface area (Å²) in [5.41, 5.74) is 0. The maximum atomic E-state index is 3.07. The zero-order chi connectivity index (χ0) is 12.7. The number of benzene rings is 2. The molecule has 2 aromatic carbocycles. The summed E-state index contributed by atoms with van der Waals surface area (Å²) >= 11 is 0. The standard InChI is InChI=1S/C6H7.2C6H5.Pt/c3*1-2-4-6-5-3-1;/h1-2,5H,3-4H2;2*1-5H;/q3*-1;. The third kappa shape index (κ3) is 12.8. The summed E-state index contributed by atoms with van der Waals surface area (Å²) in [6.45, 7) is 0. The van der Waals surface area contributed by atoms with Crippen molar-refractivity contribution < 1.29 is 21.1 Å². The minimum absolute atomic E-state index is 0. The molecule has 0 aromatic heterocycles. The van der Waals surface area contributed by atoms with Gasteiger partial charge in [0.25, 0.3) is 0 Å². The van der Waals surface area contributed by atoms with Gasteiger partial charge in [-0.1, -0.05) is 6.08 Å². The summed E-state index contributed by atoms with van der Waals surface area (Å²) in [6, 6.07) is 25.0. The van der Waals surface area contributed by atoms with Crippen LogP contribution < -0.4 is 0 Å². The second-order valence-electron chi connectivity index (χ2n) is 3.47. The Kier molecular flexibility index (Phi) is 13.6. The predicted molar refractivity (Wildman–Crippen MR) is 76.7 cm³/mol. The van der Waals surface area contributed by atoms with Crippen LogP contribution in [-0.4, -0.2) is 0 Å². The quantitative estimate of drug-likeness (QED) is 0.423. The van der Waals surface area contributed by atoms with Crippen molar-refractivity contribution in [1.82, 2.24) is 0 Å². The molecule has 0 amide bonds. The van der Waals surface area contributed by atoms with E-state index in [0.29, 0.717) is 0 Å². The molecule has 0 radical (unpaired) electrons. The average Bonchev–Trinajstić information content (AvgIpc) is 2.54. The predicted octanol–water partition coefficient (Wildman–Crippen LogP) is 4.67. The molecule has 0 heterocycles. The summed E-state index contributed by atoms with van der Waals surface area (Å²) < 4.78 is 0. The molecule has 2 aromatic rings. The van der Waals surface area contributed by atoms with E-state index >= 15 is 0 Å². The number of allylic oxidation sites excluding steroid dienone is 4. The second-order valence-corrected chi connectivity index (χ2v) is 3.47. The molecular weight excluding hydrogens is 411 g/mol. The summed E-state index contributed by atoms with van der Waals surface area (Å²) in [7, 11) is 0. The Hall–Kier alpha value is -1.39. The zero-order valence-corrected chi connectivity index (χ0v) is 13.0. The maximum Gasteiger partial charge on any atom is 0 e. The molecule has 0 unspecified atom stereocenters. The van der Waals surface area contributed by atoms with Crippen molar-refractivity contribution in [2.24, 2.45) is 0 Å². The second kappa shape index (κ2) is 14.7. The van der Waals surface area contributed by atoms with Crippen LogP contribution in [0.15, 0.2) is 78.9 Å². The van der Waals surface area contributed by atoms with Crippen LogP contribution in [0.2, 0.25) is 0 Å². The van der Waals surface area contributed by atoms with Crippen molar-refractivity contribution in [1.29, 1.82) is 0 Å². The number of rotatable bonds is 0. The summed E-state index contributed by atoms with van der Waals surface area (Å²) in [5, 5.41) is 0.